The third kappa shape index (κ3) is 2.75. The predicted octanol–water partition coefficient (Wildman–Crippen LogP) is -0.0387. The highest BCUT2D eigenvalue weighted by Gasteiger charge is 2.21. The van der Waals surface area contributed by atoms with E-state index in [0.717, 1.165) is 0 Å². The van der Waals surface area contributed by atoms with Gasteiger partial charge in [0.1, 0.15) is 0 Å². The van der Waals surface area contributed by atoms with Crippen molar-refractivity contribution >= 4 is 13.6 Å². The molecule has 1 unspecified atom stereocenters. The Hall–Kier alpha value is -0.670. The maximum Gasteiger partial charge on any atom is 0.330 e. The van der Waals surface area contributed by atoms with Crippen molar-refractivity contribution in [2.75, 3.05) is 6.54 Å². The lowest BCUT2D eigenvalue weighted by Crippen LogP contribution is -2.18. The molecule has 6 heteroatoms. The van der Waals surface area contributed by atoms with Gasteiger partial charge in [0, 0.05) is 0 Å². The number of carboxylic acid groups (broad SMARTS) is 1. The van der Waals surface area contributed by atoms with E-state index in [1.165, 1.54) is 0 Å². The molecule has 0 amide bonds. The fourth-order valence-corrected chi connectivity index (χ4v) is 1.02. The van der Waals surface area contributed by atoms with Gasteiger partial charge in [-0.15, -0.1) is 0 Å². The third-order valence-corrected chi connectivity index (χ3v) is 1.97. The number of nitrogens with two attached hydrogens (primary N) is 1. The maximum atomic E-state index is 10.1. The van der Waals surface area contributed by atoms with Crippen LogP contribution in [0.2, 0.25) is 0 Å². The molecule has 0 aromatic heterocycles. The van der Waals surface area contributed by atoms with Gasteiger partial charge in [0.15, 0.2) is 5.66 Å². The number of hydrogen-bond acceptors (Lipinski definition) is 4. The van der Waals surface area contributed by atoms with Crippen LogP contribution in [0.3, 0.4) is 0 Å². The summed E-state index contributed by atoms with van der Waals surface area (Å²) in [4.78, 5) is 10.1. The van der Waals surface area contributed by atoms with Gasteiger partial charge >= 0.3 is 13.6 Å². The Bertz CT molecular complexity index is 180. The van der Waals surface area contributed by atoms with E-state index >= 15 is 0 Å². The van der Waals surface area contributed by atoms with Gasteiger partial charge in [-0.05, 0) is 13.0 Å². The molecule has 0 aromatic rings. The molecule has 0 spiro atoms. The van der Waals surface area contributed by atoms with Crippen LogP contribution in [0, 0.1) is 0 Å². The predicted molar refractivity (Wildman–Crippen MR) is 33.4 cm³/mol. The summed E-state index contributed by atoms with van der Waals surface area (Å²) in [6.07, 6.45) is -0.0198. The van der Waals surface area contributed by atoms with Crippen LogP contribution in [0.15, 0.2) is 0 Å². The van der Waals surface area contributed by atoms with Gasteiger partial charge in [-0.2, -0.15) is 0 Å². The molecule has 0 rings (SSSR count). The highest BCUT2D eigenvalue weighted by molar-refractivity contribution is 7.33. The average Bonchev–Trinajstić information content (AvgIpc) is 1.81. The minimum absolute atomic E-state index is 0.0198. The molecular weight excluding hydrogens is 157 g/mol. The van der Waals surface area contributed by atoms with Crippen molar-refractivity contribution in [2.45, 2.75) is 12.1 Å². The lowest BCUT2D eigenvalue weighted by Gasteiger charge is -1.97. The van der Waals surface area contributed by atoms with Crippen LogP contribution in [-0.2, 0) is 13.9 Å². The Labute approximate surface area is 58.0 Å². The van der Waals surface area contributed by atoms with Crippen molar-refractivity contribution in [1.29, 1.82) is 0 Å². The number of hydrogen-bond donors (Lipinski definition) is 2. The summed E-state index contributed by atoms with van der Waals surface area (Å²) in [6, 6.07) is 0. The van der Waals surface area contributed by atoms with Crippen LogP contribution < -0.4 is 5.73 Å². The minimum Gasteiger partial charge on any atom is -0.480 e. The molecule has 0 bridgehead atoms. The lowest BCUT2D eigenvalue weighted by atomic mass is 10.3. The molecule has 0 fully saturated rings. The Kier molecular flexibility index (Phi) is 3.91. The first-order chi connectivity index (χ1) is 4.59. The summed E-state index contributed by atoms with van der Waals surface area (Å²) in [5, 5.41) is 8.24. The van der Waals surface area contributed by atoms with Crippen molar-refractivity contribution in [3.63, 3.8) is 0 Å². The van der Waals surface area contributed by atoms with E-state index in [4.69, 9.17) is 10.8 Å². The summed E-state index contributed by atoms with van der Waals surface area (Å²) in [5.41, 5.74) is 3.65. The maximum absolute atomic E-state index is 10.1. The minimum atomic E-state index is -2.89. The molecule has 0 saturated carbocycles. The van der Waals surface area contributed by atoms with Crippen molar-refractivity contribution in [3.05, 3.63) is 0 Å². The van der Waals surface area contributed by atoms with E-state index in [1.54, 1.807) is 0 Å². The third-order valence-electron chi connectivity index (χ3n) is 0.980. The topological polar surface area (TPSA) is 97.5 Å². The fraction of sp³-hybridized carbons (Fsp3) is 0.750. The normalized spacial score (nSPS) is 12.5. The second-order valence-corrected chi connectivity index (χ2v) is 2.91. The Morgan fingerprint density at radius 3 is 2.20 bits per heavy atom. The lowest BCUT2D eigenvalue weighted by molar-refractivity contribution is -0.136. The molecule has 0 heterocycles. The number of aliphatic carboxylic acids is 1. The van der Waals surface area contributed by atoms with Gasteiger partial charge in [0.2, 0.25) is 0 Å². The summed E-state index contributed by atoms with van der Waals surface area (Å²) in [7, 11) is -2.89. The summed E-state index contributed by atoms with van der Waals surface area (Å²) in [5.74, 6) is -1.33. The summed E-state index contributed by atoms with van der Waals surface area (Å²) < 4.78 is 20.3. The van der Waals surface area contributed by atoms with E-state index in [-0.39, 0.29) is 13.0 Å². The van der Waals surface area contributed by atoms with E-state index in [9.17, 15) is 13.9 Å². The van der Waals surface area contributed by atoms with E-state index in [2.05, 4.69) is 0 Å². The van der Waals surface area contributed by atoms with E-state index < -0.39 is 19.3 Å². The zero-order valence-corrected chi connectivity index (χ0v) is 6.08. The molecule has 0 aliphatic heterocycles. The van der Waals surface area contributed by atoms with Gasteiger partial charge in [0.05, 0.1) is 0 Å². The summed E-state index contributed by atoms with van der Waals surface area (Å²) in [6.45, 7) is 0.0697. The summed E-state index contributed by atoms with van der Waals surface area (Å²) >= 11 is 0. The standard InChI is InChI=1S/C4H8NO4P/c5-2-1-3(4(6)7)10(8)9/h3H,1-2,5H2,(H,6,7). The largest absolute Gasteiger partial charge is 0.480 e. The van der Waals surface area contributed by atoms with Crippen molar-refractivity contribution in [2.24, 2.45) is 5.73 Å². The van der Waals surface area contributed by atoms with Gasteiger partial charge < -0.3 is 10.8 Å². The Balaban J connectivity index is 4.12. The zero-order valence-electron chi connectivity index (χ0n) is 5.19. The average molecular weight is 165 g/mol. The van der Waals surface area contributed by atoms with Crippen molar-refractivity contribution < 1.29 is 19.0 Å². The van der Waals surface area contributed by atoms with Gasteiger partial charge in [-0.3, -0.25) is 4.79 Å². The smallest absolute Gasteiger partial charge is 0.330 e. The van der Waals surface area contributed by atoms with Crippen LogP contribution in [0.25, 0.3) is 0 Å². The molecule has 3 N–H and O–H groups in total. The van der Waals surface area contributed by atoms with E-state index in [0.29, 0.717) is 0 Å². The second-order valence-electron chi connectivity index (χ2n) is 1.72. The highest BCUT2D eigenvalue weighted by atomic mass is 31.1. The Morgan fingerprint density at radius 2 is 2.10 bits per heavy atom. The van der Waals surface area contributed by atoms with E-state index in [1.807, 2.05) is 0 Å². The zero-order chi connectivity index (χ0) is 8.15. The number of carboxylic acids is 1. The first-order valence-corrected chi connectivity index (χ1v) is 3.90. The van der Waals surface area contributed by atoms with Crippen LogP contribution in [-0.4, -0.2) is 23.3 Å². The van der Waals surface area contributed by atoms with Crippen LogP contribution in [0.4, 0.5) is 0 Å². The molecule has 0 radical (unpaired) electrons. The molecule has 0 aliphatic carbocycles. The van der Waals surface area contributed by atoms with Crippen LogP contribution in [0.5, 0.6) is 0 Å². The first kappa shape index (κ1) is 9.33. The number of rotatable bonds is 4. The van der Waals surface area contributed by atoms with Crippen LogP contribution in [0.1, 0.15) is 6.42 Å². The molecule has 10 heavy (non-hydrogen) atoms. The van der Waals surface area contributed by atoms with Crippen molar-refractivity contribution in [1.82, 2.24) is 0 Å². The molecule has 1 atom stereocenters. The molecule has 0 saturated heterocycles. The van der Waals surface area contributed by atoms with Gasteiger partial charge in [-0.25, -0.2) is 9.13 Å². The monoisotopic (exact) mass is 165 g/mol. The first-order valence-electron chi connectivity index (χ1n) is 2.66. The SMILES string of the molecule is NCCC(C(=O)O)P(=O)=O. The van der Waals surface area contributed by atoms with Gasteiger partial charge in [0.25, 0.3) is 0 Å². The fourth-order valence-electron chi connectivity index (χ4n) is 0.477. The van der Waals surface area contributed by atoms with Crippen LogP contribution >= 0.6 is 7.68 Å². The Morgan fingerprint density at radius 1 is 1.60 bits per heavy atom. The second kappa shape index (κ2) is 4.19. The molecule has 0 aliphatic rings. The highest BCUT2D eigenvalue weighted by Crippen LogP contribution is 2.16. The van der Waals surface area contributed by atoms with Gasteiger partial charge in [-0.1, -0.05) is 0 Å². The molecule has 5 nitrogen and oxygen atoms in total. The van der Waals surface area contributed by atoms with Crippen molar-refractivity contribution in [3.8, 4) is 0 Å². The molecule has 0 aromatic carbocycles. The molecule has 58 valence electrons. The quantitative estimate of drug-likeness (QED) is 0.569. The molecular formula is C4H8NO4P. The number of carbonyl (C=O) groups is 1.